The van der Waals surface area contributed by atoms with Crippen molar-refractivity contribution in [3.05, 3.63) is 28.9 Å². The molecule has 4 nitrogen and oxygen atoms in total. The Hall–Kier alpha value is -1.33. The summed E-state index contributed by atoms with van der Waals surface area (Å²) in [4.78, 5) is 6.74. The van der Waals surface area contributed by atoms with Gasteiger partial charge < -0.3 is 16.0 Å². The lowest BCUT2D eigenvalue weighted by atomic mass is 10.1. The third-order valence-electron chi connectivity index (χ3n) is 3.48. The molecule has 2 aromatic rings. The Morgan fingerprint density at radius 1 is 1.30 bits per heavy atom. The summed E-state index contributed by atoms with van der Waals surface area (Å²) in [5.41, 5.74) is 8.68. The van der Waals surface area contributed by atoms with Gasteiger partial charge >= 0.3 is 0 Å². The minimum atomic E-state index is 0.690. The van der Waals surface area contributed by atoms with E-state index >= 15 is 0 Å². The van der Waals surface area contributed by atoms with Gasteiger partial charge in [-0.15, -0.1) is 0 Å². The SMILES string of the molecule is CCN(CC)CCNc1c(N)cnc2ccc(Br)cc12. The van der Waals surface area contributed by atoms with Crippen molar-refractivity contribution in [1.82, 2.24) is 9.88 Å². The quantitative estimate of drug-likeness (QED) is 0.849. The number of likely N-dealkylation sites (N-methyl/N-ethyl adjacent to an activating group) is 1. The van der Waals surface area contributed by atoms with Crippen LogP contribution < -0.4 is 11.1 Å². The monoisotopic (exact) mass is 336 g/mol. The smallest absolute Gasteiger partial charge is 0.0743 e. The highest BCUT2D eigenvalue weighted by atomic mass is 79.9. The molecule has 0 aliphatic heterocycles. The molecule has 0 bridgehead atoms. The van der Waals surface area contributed by atoms with Crippen molar-refractivity contribution in [3.63, 3.8) is 0 Å². The molecular formula is C15H21BrN4. The summed E-state index contributed by atoms with van der Waals surface area (Å²) in [6.45, 7) is 8.36. The van der Waals surface area contributed by atoms with E-state index in [0.29, 0.717) is 5.69 Å². The molecule has 3 N–H and O–H groups in total. The summed E-state index contributed by atoms with van der Waals surface area (Å²) in [7, 11) is 0. The molecule has 1 aromatic heterocycles. The van der Waals surface area contributed by atoms with Gasteiger partial charge in [0.05, 0.1) is 23.1 Å². The van der Waals surface area contributed by atoms with Crippen molar-refractivity contribution in [3.8, 4) is 0 Å². The summed E-state index contributed by atoms with van der Waals surface area (Å²) in [6.07, 6.45) is 1.72. The second kappa shape index (κ2) is 6.90. The summed E-state index contributed by atoms with van der Waals surface area (Å²) in [5, 5.41) is 4.51. The number of anilines is 2. The van der Waals surface area contributed by atoms with Gasteiger partial charge in [-0.1, -0.05) is 29.8 Å². The number of benzene rings is 1. The maximum absolute atomic E-state index is 6.06. The minimum Gasteiger partial charge on any atom is -0.396 e. The molecule has 0 unspecified atom stereocenters. The number of nitrogens with two attached hydrogens (primary N) is 1. The number of nitrogens with one attached hydrogen (secondary N) is 1. The van der Waals surface area contributed by atoms with E-state index in [-0.39, 0.29) is 0 Å². The Morgan fingerprint density at radius 3 is 2.75 bits per heavy atom. The van der Waals surface area contributed by atoms with Crippen LogP contribution >= 0.6 is 15.9 Å². The van der Waals surface area contributed by atoms with Crippen LogP contribution in [0, 0.1) is 0 Å². The maximum atomic E-state index is 6.06. The molecule has 0 saturated heterocycles. The van der Waals surface area contributed by atoms with Gasteiger partial charge in [0.1, 0.15) is 0 Å². The Bertz CT molecular complexity index is 576. The molecule has 1 aromatic carbocycles. The van der Waals surface area contributed by atoms with E-state index in [1.165, 1.54) is 0 Å². The molecule has 0 aliphatic rings. The van der Waals surface area contributed by atoms with Crippen molar-refractivity contribution >= 4 is 38.2 Å². The Kier molecular flexibility index (Phi) is 5.20. The summed E-state index contributed by atoms with van der Waals surface area (Å²) in [6, 6.07) is 6.04. The van der Waals surface area contributed by atoms with Gasteiger partial charge in [-0.05, 0) is 31.3 Å². The maximum Gasteiger partial charge on any atom is 0.0743 e. The van der Waals surface area contributed by atoms with Crippen LogP contribution in [-0.2, 0) is 0 Å². The van der Waals surface area contributed by atoms with E-state index < -0.39 is 0 Å². The normalized spacial score (nSPS) is 11.2. The molecule has 0 aliphatic carbocycles. The van der Waals surface area contributed by atoms with Gasteiger partial charge in [0.2, 0.25) is 0 Å². The number of aromatic nitrogens is 1. The standard InChI is InChI=1S/C15H21BrN4/c1-3-20(4-2)8-7-18-15-12-9-11(16)5-6-14(12)19-10-13(15)17/h5-6,9-10H,3-4,7-8,17H2,1-2H3,(H,18,19). The number of hydrogen-bond acceptors (Lipinski definition) is 4. The molecule has 0 saturated carbocycles. The average Bonchev–Trinajstić information content (AvgIpc) is 2.45. The topological polar surface area (TPSA) is 54.2 Å². The lowest BCUT2D eigenvalue weighted by Crippen LogP contribution is -2.28. The first-order valence-corrected chi connectivity index (χ1v) is 7.75. The number of fused-ring (bicyclic) bond motifs is 1. The van der Waals surface area contributed by atoms with Crippen LogP contribution in [0.4, 0.5) is 11.4 Å². The number of pyridine rings is 1. The number of rotatable bonds is 6. The number of nitrogen functional groups attached to an aromatic ring is 1. The lowest BCUT2D eigenvalue weighted by molar-refractivity contribution is 0.316. The Labute approximate surface area is 128 Å². The molecule has 0 fully saturated rings. The van der Waals surface area contributed by atoms with Crippen molar-refractivity contribution in [1.29, 1.82) is 0 Å². The summed E-state index contributed by atoms with van der Waals surface area (Å²) < 4.78 is 1.03. The number of nitrogens with zero attached hydrogens (tertiary/aromatic N) is 2. The highest BCUT2D eigenvalue weighted by Crippen LogP contribution is 2.29. The Balaban J connectivity index is 2.20. The van der Waals surface area contributed by atoms with Crippen LogP contribution in [0.2, 0.25) is 0 Å². The zero-order chi connectivity index (χ0) is 14.5. The molecule has 0 atom stereocenters. The van der Waals surface area contributed by atoms with Crippen LogP contribution in [0.3, 0.4) is 0 Å². The van der Waals surface area contributed by atoms with Crippen molar-refractivity contribution in [2.45, 2.75) is 13.8 Å². The third-order valence-corrected chi connectivity index (χ3v) is 3.98. The highest BCUT2D eigenvalue weighted by Gasteiger charge is 2.07. The van der Waals surface area contributed by atoms with Crippen LogP contribution in [0.25, 0.3) is 10.9 Å². The van der Waals surface area contributed by atoms with E-state index in [4.69, 9.17) is 5.73 Å². The van der Waals surface area contributed by atoms with E-state index in [9.17, 15) is 0 Å². The average molecular weight is 337 g/mol. The number of hydrogen-bond donors (Lipinski definition) is 2. The van der Waals surface area contributed by atoms with E-state index in [2.05, 4.69) is 51.0 Å². The van der Waals surface area contributed by atoms with Gasteiger partial charge in [0.15, 0.2) is 0 Å². The van der Waals surface area contributed by atoms with Crippen LogP contribution in [0.1, 0.15) is 13.8 Å². The first-order valence-electron chi connectivity index (χ1n) is 6.95. The zero-order valence-corrected chi connectivity index (χ0v) is 13.6. The first kappa shape index (κ1) is 15.1. The molecule has 20 heavy (non-hydrogen) atoms. The van der Waals surface area contributed by atoms with Crippen LogP contribution in [-0.4, -0.2) is 36.1 Å². The number of halogens is 1. The molecule has 0 spiro atoms. The molecule has 0 amide bonds. The fraction of sp³-hybridized carbons (Fsp3) is 0.400. The Morgan fingerprint density at radius 2 is 2.05 bits per heavy atom. The van der Waals surface area contributed by atoms with Crippen molar-refractivity contribution < 1.29 is 0 Å². The largest absolute Gasteiger partial charge is 0.396 e. The van der Waals surface area contributed by atoms with Gasteiger partial charge in [0, 0.05) is 22.9 Å². The molecule has 108 valence electrons. The van der Waals surface area contributed by atoms with Crippen molar-refractivity contribution in [2.75, 3.05) is 37.2 Å². The highest BCUT2D eigenvalue weighted by molar-refractivity contribution is 9.10. The molecule has 1 heterocycles. The first-order chi connectivity index (χ1) is 9.65. The zero-order valence-electron chi connectivity index (χ0n) is 12.0. The second-order valence-electron chi connectivity index (χ2n) is 4.70. The van der Waals surface area contributed by atoms with E-state index in [1.807, 2.05) is 12.1 Å². The molecule has 2 rings (SSSR count). The molecular weight excluding hydrogens is 316 g/mol. The van der Waals surface area contributed by atoms with Gasteiger partial charge in [-0.2, -0.15) is 0 Å². The predicted molar refractivity (Wildman–Crippen MR) is 90.1 cm³/mol. The lowest BCUT2D eigenvalue weighted by Gasteiger charge is -2.19. The summed E-state index contributed by atoms with van der Waals surface area (Å²) in [5.74, 6) is 0. The van der Waals surface area contributed by atoms with E-state index in [1.54, 1.807) is 6.20 Å². The van der Waals surface area contributed by atoms with Gasteiger partial charge in [-0.3, -0.25) is 4.98 Å². The fourth-order valence-electron chi connectivity index (χ4n) is 2.26. The molecule has 5 heteroatoms. The summed E-state index contributed by atoms with van der Waals surface area (Å²) >= 11 is 3.50. The van der Waals surface area contributed by atoms with Crippen LogP contribution in [0.15, 0.2) is 28.9 Å². The van der Waals surface area contributed by atoms with Crippen LogP contribution in [0.5, 0.6) is 0 Å². The molecule has 0 radical (unpaired) electrons. The minimum absolute atomic E-state index is 0.690. The van der Waals surface area contributed by atoms with E-state index in [0.717, 1.165) is 47.2 Å². The predicted octanol–water partition coefficient (Wildman–Crippen LogP) is 3.33. The van der Waals surface area contributed by atoms with Gasteiger partial charge in [0.25, 0.3) is 0 Å². The van der Waals surface area contributed by atoms with Gasteiger partial charge in [-0.25, -0.2) is 0 Å². The van der Waals surface area contributed by atoms with Crippen molar-refractivity contribution in [2.24, 2.45) is 0 Å². The second-order valence-corrected chi connectivity index (χ2v) is 5.62. The fourth-order valence-corrected chi connectivity index (χ4v) is 2.62. The third kappa shape index (κ3) is 3.41.